The first-order valence-electron chi connectivity index (χ1n) is 36.8. The van der Waals surface area contributed by atoms with Gasteiger partial charge in [0.15, 0.2) is 32.5 Å². The first-order chi connectivity index (χ1) is 54.7. The number of unbranched alkanes of at least 4 members (excludes halogenated alkanes) is 1. The summed E-state index contributed by atoms with van der Waals surface area (Å²) in [7, 11) is 0. The number of alkyl halides is 6. The average molecular weight is 1770 g/mol. The number of carbonyl (C=O) groups is 6. The summed E-state index contributed by atoms with van der Waals surface area (Å²) in [5, 5.41) is 44.2. The Hall–Kier alpha value is -8.62. The van der Waals surface area contributed by atoms with Crippen molar-refractivity contribution in [2.45, 2.75) is 153 Å². The lowest BCUT2D eigenvalue weighted by atomic mass is 9.87. The molecule has 6 N–H and O–H groups in total. The second kappa shape index (κ2) is 39.6. The van der Waals surface area contributed by atoms with Gasteiger partial charge in [0.05, 0.1) is 56.2 Å². The Bertz CT molecular complexity index is 4700. The van der Waals surface area contributed by atoms with E-state index in [-0.39, 0.29) is 99.7 Å². The van der Waals surface area contributed by atoms with Gasteiger partial charge >= 0.3 is 35.8 Å². The molecule has 0 radical (unpaired) electrons. The number of nitrogens with zero attached hydrogens (tertiary/aromatic N) is 9. The van der Waals surface area contributed by atoms with E-state index >= 15 is 0 Å². The van der Waals surface area contributed by atoms with Crippen LogP contribution in [-0.4, -0.2) is 193 Å². The van der Waals surface area contributed by atoms with Crippen molar-refractivity contribution in [3.8, 4) is 0 Å². The normalized spacial score (nSPS) is 21.8. The van der Waals surface area contributed by atoms with Crippen LogP contribution in [0.2, 0.25) is 10.0 Å². The average Bonchev–Trinajstić information content (AvgIpc) is 1.25. The second-order valence-corrected chi connectivity index (χ2v) is 32.4. The van der Waals surface area contributed by atoms with Crippen molar-refractivity contribution in [2.24, 2.45) is 26.8 Å². The number of esters is 3. The highest BCUT2D eigenvalue weighted by Gasteiger charge is 2.50. The highest BCUT2D eigenvalue weighted by atomic mass is 79.9. The number of carboxylic acids is 3. The van der Waals surface area contributed by atoms with Crippen molar-refractivity contribution in [1.82, 2.24) is 45.6 Å². The Balaban J connectivity index is 0.000000182. The lowest BCUT2D eigenvalue weighted by Crippen LogP contribution is -2.53. The summed E-state index contributed by atoms with van der Waals surface area (Å²) in [5.41, 5.74) is 2.69. The van der Waals surface area contributed by atoms with E-state index in [0.717, 1.165) is 6.07 Å². The molecule has 0 spiro atoms. The van der Waals surface area contributed by atoms with E-state index in [1.54, 1.807) is 98.5 Å². The zero-order chi connectivity index (χ0) is 83.2. The van der Waals surface area contributed by atoms with Gasteiger partial charge in [-0.05, 0) is 87.8 Å². The fourth-order valence-electron chi connectivity index (χ4n) is 14.7. The Labute approximate surface area is 687 Å². The SMILES string of the molecule is CCOC(=O)C1=C(CN2CC(F)(F)CC[C@H]2C(C)CC(=O)O)NC(c2nccs2)=N[C@H]1c1ccc(F)cc1Br.CCOC(=O)C1=C(CN2CC(F)(F)C[C@H]2C(C)CC(=O)O)NC(c2nccs2)=N[C@H]1c1ccccc1Cl.CCOC(=O)C1=C(CN2CC(F)(F)C[C@H]2CCCCC(=O)O)NC(c2nccs2)=N[C@H]1c1ccc(F)cc1Cl. The van der Waals surface area contributed by atoms with Crippen molar-refractivity contribution in [3.05, 3.63) is 187 Å². The molecule has 6 aliphatic heterocycles. The van der Waals surface area contributed by atoms with Crippen molar-refractivity contribution in [2.75, 3.05) is 59.1 Å². The lowest BCUT2D eigenvalue weighted by molar-refractivity contribution is -0.140. The minimum atomic E-state index is -2.99. The zero-order valence-electron chi connectivity index (χ0n) is 62.7. The van der Waals surface area contributed by atoms with Gasteiger partial charge in [0, 0.05) is 154 Å². The zero-order valence-corrected chi connectivity index (χ0v) is 68.3. The van der Waals surface area contributed by atoms with E-state index in [2.05, 4.69) is 51.8 Å². The van der Waals surface area contributed by atoms with Gasteiger partial charge in [-0.25, -0.2) is 64.5 Å². The topological polar surface area (TPSA) is 312 Å². The fourth-order valence-corrected chi connectivity index (χ4v) is 17.5. The van der Waals surface area contributed by atoms with Gasteiger partial charge in [0.25, 0.3) is 17.8 Å². The number of amidine groups is 3. The third-order valence-corrected chi connectivity index (χ3v) is 23.4. The Morgan fingerprint density at radius 2 is 0.965 bits per heavy atom. The molecule has 3 aromatic carbocycles. The molecule has 24 nitrogen and oxygen atoms in total. The molecule has 3 fully saturated rings. The molecule has 6 aliphatic rings. The van der Waals surface area contributed by atoms with Crippen LogP contribution in [0.4, 0.5) is 35.1 Å². The minimum absolute atomic E-state index is 0.0312. The molecular formula is C77H83BrCl2F8N12O12S3. The quantitative estimate of drug-likeness (QED) is 0.0110. The Morgan fingerprint density at radius 1 is 0.548 bits per heavy atom. The van der Waals surface area contributed by atoms with Crippen molar-refractivity contribution >= 4 is 126 Å². The number of halogens is 11. The summed E-state index contributed by atoms with van der Waals surface area (Å²) in [5.74, 6) is -14.9. The standard InChI is InChI=1S/C26H28BrF3N4O4S.C26H28ClF3N4O4S.C25H27ClF2N4O4S/c1-3-38-25(37)21-18(12-34-13-26(29,30)7-6-19(34)14(2)10-20(35)36)32-23(24-31-8-9-39-24)33-22(21)16-5-4-15(28)11-17(16)27;1-2-38-25(37)21-19(13-34-14-26(29,30)12-16(34)5-3-4-6-20(35)36)32-23(24-31-9-10-39-24)33-22(21)17-8-7-15(28)11-18(17)27;1-3-36-24(35)20-17(12-32-13-25(27,28)11-18(32)14(2)10-19(33)34)30-22(23-29-8-9-37-23)31-21(20)15-6-4-5-7-16(15)26/h4-5,8-9,11,14,19,22H,3,6-7,10,12-13H2,1-2H3,(H,32,33)(H,35,36);7-11,16,22H,2-6,12-14H2,1H3,(H,32,33)(H,35,36);4-9,14,18,21H,3,10-13H2,1-2H3,(H,30,31)(H,33,34)/t14?,19-,22-;16-,22+;14?,18-,21-/m010/s1. The van der Waals surface area contributed by atoms with Crippen LogP contribution in [0.5, 0.6) is 0 Å². The van der Waals surface area contributed by atoms with Gasteiger partial charge in [-0.1, -0.05) is 89.7 Å². The van der Waals surface area contributed by atoms with Crippen LogP contribution < -0.4 is 16.0 Å². The molecule has 0 amide bonds. The van der Waals surface area contributed by atoms with Gasteiger partial charge in [0.2, 0.25) is 0 Å². The summed E-state index contributed by atoms with van der Waals surface area (Å²) >= 11 is 20.2. The molecule has 115 heavy (non-hydrogen) atoms. The van der Waals surface area contributed by atoms with Crippen LogP contribution in [0.3, 0.4) is 0 Å². The summed E-state index contributed by atoms with van der Waals surface area (Å²) in [6.07, 6.45) is 4.47. The van der Waals surface area contributed by atoms with Gasteiger partial charge < -0.3 is 45.5 Å². The minimum Gasteiger partial charge on any atom is -0.481 e. The van der Waals surface area contributed by atoms with Gasteiger partial charge in [0.1, 0.15) is 29.8 Å². The number of piperidine rings is 1. The first-order valence-corrected chi connectivity index (χ1v) is 40.9. The number of ether oxygens (including phenoxy) is 3. The molecule has 12 rings (SSSR count). The van der Waals surface area contributed by atoms with Crippen LogP contribution in [-0.2, 0) is 43.0 Å². The number of rotatable bonds is 29. The molecule has 38 heteroatoms. The van der Waals surface area contributed by atoms with Crippen LogP contribution in [0.25, 0.3) is 0 Å². The van der Waals surface area contributed by atoms with Gasteiger partial charge in [-0.2, -0.15) is 0 Å². The van der Waals surface area contributed by atoms with Crippen molar-refractivity contribution in [1.29, 1.82) is 0 Å². The van der Waals surface area contributed by atoms with Crippen LogP contribution in [0, 0.1) is 23.5 Å². The molecule has 3 saturated heterocycles. The number of thiazole rings is 3. The molecule has 6 aromatic rings. The van der Waals surface area contributed by atoms with E-state index in [4.69, 9.17) is 52.5 Å². The molecule has 3 aromatic heterocycles. The van der Waals surface area contributed by atoms with Crippen molar-refractivity contribution in [3.63, 3.8) is 0 Å². The number of aliphatic imine (C=N–C) groups is 3. The van der Waals surface area contributed by atoms with E-state index in [0.29, 0.717) is 95.1 Å². The number of aromatic nitrogens is 3. The maximum atomic E-state index is 14.7. The molecule has 9 heterocycles. The number of carboxylic acid groups (broad SMARTS) is 3. The van der Waals surface area contributed by atoms with Gasteiger partial charge in [-0.15, -0.1) is 34.0 Å². The molecule has 8 atom stereocenters. The Kier molecular flexibility index (Phi) is 30.5. The molecular weight excluding hydrogens is 1680 g/mol. The third kappa shape index (κ3) is 23.2. The summed E-state index contributed by atoms with van der Waals surface area (Å²) in [6, 6.07) is 10.2. The summed E-state index contributed by atoms with van der Waals surface area (Å²) < 4.78 is 132. The fraction of sp³-hybridized carbons (Fsp3) is 0.455. The van der Waals surface area contributed by atoms with E-state index in [1.807, 2.05) is 0 Å². The van der Waals surface area contributed by atoms with E-state index < -0.39 is 139 Å². The maximum Gasteiger partial charge on any atom is 0.338 e. The summed E-state index contributed by atoms with van der Waals surface area (Å²) in [6.45, 7) is 6.67. The second-order valence-electron chi connectivity index (χ2n) is 28.0. The van der Waals surface area contributed by atoms with E-state index in [1.165, 1.54) is 74.1 Å². The largest absolute Gasteiger partial charge is 0.481 e. The number of hydrogen-bond donors (Lipinski definition) is 6. The molecule has 2 unspecified atom stereocenters. The van der Waals surface area contributed by atoms with Crippen LogP contribution in [0.1, 0.15) is 149 Å². The highest BCUT2D eigenvalue weighted by molar-refractivity contribution is 9.10. The number of nitrogens with one attached hydrogen (secondary N) is 3. The monoisotopic (exact) mass is 1760 g/mol. The van der Waals surface area contributed by atoms with Crippen LogP contribution >= 0.6 is 73.1 Å². The third-order valence-electron chi connectivity index (χ3n) is 19.7. The molecule has 0 saturated carbocycles. The number of benzene rings is 3. The van der Waals surface area contributed by atoms with Crippen molar-refractivity contribution < 1.29 is 93.4 Å². The van der Waals surface area contributed by atoms with E-state index in [9.17, 15) is 74.1 Å². The predicted molar refractivity (Wildman–Crippen MR) is 420 cm³/mol. The molecule has 0 aliphatic carbocycles. The molecule has 0 bridgehead atoms. The van der Waals surface area contributed by atoms with Crippen LogP contribution in [0.15, 0.2) is 149 Å². The smallest absolute Gasteiger partial charge is 0.338 e. The Morgan fingerprint density at radius 3 is 1.41 bits per heavy atom. The highest BCUT2D eigenvalue weighted by Crippen LogP contribution is 2.45. The molecule has 618 valence electrons. The van der Waals surface area contributed by atoms with Gasteiger partial charge in [-0.3, -0.25) is 44.1 Å². The lowest BCUT2D eigenvalue weighted by Gasteiger charge is -2.43. The predicted octanol–water partition coefficient (Wildman–Crippen LogP) is 14.9. The number of aliphatic carboxylic acids is 3. The number of carbonyl (C=O) groups excluding carboxylic acids is 3. The summed E-state index contributed by atoms with van der Waals surface area (Å²) in [4.78, 5) is 105. The number of hydrogen-bond acceptors (Lipinski definition) is 24. The first kappa shape index (κ1) is 88.7. The number of likely N-dealkylation sites (tertiary alicyclic amines) is 3. The maximum absolute atomic E-state index is 14.7.